The van der Waals surface area contributed by atoms with Crippen LogP contribution in [0.4, 0.5) is 5.69 Å². The SMILES string of the molecule is CC(C)(C)CNc1ccccc1OCC1CCCO1. The minimum atomic E-state index is 0.252. The van der Waals surface area contributed by atoms with Gasteiger partial charge in [-0.2, -0.15) is 0 Å². The Kier molecular flexibility index (Phi) is 4.70. The maximum atomic E-state index is 5.90. The van der Waals surface area contributed by atoms with Crippen molar-refractivity contribution in [2.45, 2.75) is 39.7 Å². The van der Waals surface area contributed by atoms with Gasteiger partial charge in [0.1, 0.15) is 12.4 Å². The van der Waals surface area contributed by atoms with E-state index in [0.29, 0.717) is 6.61 Å². The molecule has 3 nitrogen and oxygen atoms in total. The molecule has 106 valence electrons. The third-order valence-corrected chi connectivity index (χ3v) is 3.14. The number of rotatable bonds is 5. The fraction of sp³-hybridized carbons (Fsp3) is 0.625. The lowest BCUT2D eigenvalue weighted by molar-refractivity contribution is 0.0682. The Hall–Kier alpha value is -1.22. The van der Waals surface area contributed by atoms with Gasteiger partial charge in [-0.15, -0.1) is 0 Å². The van der Waals surface area contributed by atoms with Crippen molar-refractivity contribution < 1.29 is 9.47 Å². The molecule has 1 aliphatic rings. The molecule has 0 radical (unpaired) electrons. The van der Waals surface area contributed by atoms with Crippen molar-refractivity contribution in [3.05, 3.63) is 24.3 Å². The lowest BCUT2D eigenvalue weighted by Gasteiger charge is -2.21. The first-order chi connectivity index (χ1) is 9.04. The van der Waals surface area contributed by atoms with Crippen LogP contribution >= 0.6 is 0 Å². The van der Waals surface area contributed by atoms with Crippen LogP contribution in [0.15, 0.2) is 24.3 Å². The molecule has 0 saturated carbocycles. The van der Waals surface area contributed by atoms with E-state index >= 15 is 0 Å². The van der Waals surface area contributed by atoms with Crippen LogP contribution in [-0.4, -0.2) is 25.9 Å². The molecule has 1 atom stereocenters. The fourth-order valence-electron chi connectivity index (χ4n) is 2.06. The zero-order chi connectivity index (χ0) is 13.7. The number of anilines is 1. The van der Waals surface area contributed by atoms with Gasteiger partial charge in [0.25, 0.3) is 0 Å². The van der Waals surface area contributed by atoms with E-state index in [2.05, 4.69) is 32.2 Å². The first kappa shape index (κ1) is 14.2. The molecule has 0 spiro atoms. The second-order valence-corrected chi connectivity index (χ2v) is 6.36. The molecule has 1 N–H and O–H groups in total. The predicted molar refractivity (Wildman–Crippen MR) is 78.9 cm³/mol. The van der Waals surface area contributed by atoms with Gasteiger partial charge in [-0.05, 0) is 30.4 Å². The Bertz CT molecular complexity index is 392. The molecule has 1 heterocycles. The van der Waals surface area contributed by atoms with Crippen LogP contribution in [0.3, 0.4) is 0 Å². The molecule has 1 fully saturated rings. The van der Waals surface area contributed by atoms with Gasteiger partial charge in [0.05, 0.1) is 11.8 Å². The Balaban J connectivity index is 1.91. The fourth-order valence-corrected chi connectivity index (χ4v) is 2.06. The van der Waals surface area contributed by atoms with Crippen LogP contribution in [-0.2, 0) is 4.74 Å². The van der Waals surface area contributed by atoms with Crippen molar-refractivity contribution in [1.82, 2.24) is 0 Å². The number of hydrogen-bond acceptors (Lipinski definition) is 3. The van der Waals surface area contributed by atoms with E-state index in [1.165, 1.54) is 0 Å². The minimum Gasteiger partial charge on any atom is -0.489 e. The maximum Gasteiger partial charge on any atom is 0.142 e. The summed E-state index contributed by atoms with van der Waals surface area (Å²) in [4.78, 5) is 0. The van der Waals surface area contributed by atoms with Crippen LogP contribution in [0.1, 0.15) is 33.6 Å². The molecule has 1 aromatic rings. The second kappa shape index (κ2) is 6.29. The zero-order valence-electron chi connectivity index (χ0n) is 12.2. The van der Waals surface area contributed by atoms with E-state index in [9.17, 15) is 0 Å². The highest BCUT2D eigenvalue weighted by molar-refractivity contribution is 5.56. The van der Waals surface area contributed by atoms with Gasteiger partial charge >= 0.3 is 0 Å². The average Bonchev–Trinajstić information content (AvgIpc) is 2.87. The van der Waals surface area contributed by atoms with Gasteiger partial charge in [0.15, 0.2) is 0 Å². The number of para-hydroxylation sites is 2. The van der Waals surface area contributed by atoms with E-state index in [1.54, 1.807) is 0 Å². The van der Waals surface area contributed by atoms with Gasteiger partial charge in [-0.25, -0.2) is 0 Å². The van der Waals surface area contributed by atoms with Crippen LogP contribution in [0, 0.1) is 5.41 Å². The molecule has 0 aromatic heterocycles. The second-order valence-electron chi connectivity index (χ2n) is 6.36. The number of ether oxygens (including phenoxy) is 2. The Morgan fingerprint density at radius 1 is 1.32 bits per heavy atom. The topological polar surface area (TPSA) is 30.5 Å². The quantitative estimate of drug-likeness (QED) is 0.878. The van der Waals surface area contributed by atoms with Crippen LogP contribution in [0.25, 0.3) is 0 Å². The summed E-state index contributed by atoms with van der Waals surface area (Å²) in [5, 5.41) is 3.46. The molecule has 1 aliphatic heterocycles. The van der Waals surface area contributed by atoms with E-state index in [-0.39, 0.29) is 11.5 Å². The van der Waals surface area contributed by atoms with Gasteiger partial charge in [-0.1, -0.05) is 32.9 Å². The van der Waals surface area contributed by atoms with E-state index in [4.69, 9.17) is 9.47 Å². The summed E-state index contributed by atoms with van der Waals surface area (Å²) in [7, 11) is 0. The highest BCUT2D eigenvalue weighted by atomic mass is 16.5. The van der Waals surface area contributed by atoms with Crippen molar-refractivity contribution in [1.29, 1.82) is 0 Å². The van der Waals surface area contributed by atoms with E-state index in [1.807, 2.05) is 18.2 Å². The molecule has 3 heteroatoms. The third kappa shape index (κ3) is 4.75. The first-order valence-corrected chi connectivity index (χ1v) is 7.12. The molecule has 1 aromatic carbocycles. The number of benzene rings is 1. The summed E-state index contributed by atoms with van der Waals surface area (Å²) in [5.74, 6) is 0.919. The highest BCUT2D eigenvalue weighted by Gasteiger charge is 2.17. The Morgan fingerprint density at radius 2 is 2.11 bits per heavy atom. The zero-order valence-corrected chi connectivity index (χ0v) is 12.2. The molecular formula is C16H25NO2. The summed E-state index contributed by atoms with van der Waals surface area (Å²) in [6.07, 6.45) is 2.52. The van der Waals surface area contributed by atoms with Crippen LogP contribution in [0.5, 0.6) is 5.75 Å². The van der Waals surface area contributed by atoms with Gasteiger partial charge in [0, 0.05) is 13.2 Å². The van der Waals surface area contributed by atoms with Crippen molar-refractivity contribution in [3.63, 3.8) is 0 Å². The first-order valence-electron chi connectivity index (χ1n) is 7.12. The molecule has 2 rings (SSSR count). The molecule has 1 unspecified atom stereocenters. The van der Waals surface area contributed by atoms with Gasteiger partial charge in [-0.3, -0.25) is 0 Å². The normalized spacial score (nSPS) is 19.4. The third-order valence-electron chi connectivity index (χ3n) is 3.14. The van der Waals surface area contributed by atoms with E-state index < -0.39 is 0 Å². The van der Waals surface area contributed by atoms with Crippen molar-refractivity contribution in [2.24, 2.45) is 5.41 Å². The van der Waals surface area contributed by atoms with E-state index in [0.717, 1.165) is 37.4 Å². The Morgan fingerprint density at radius 3 is 2.79 bits per heavy atom. The van der Waals surface area contributed by atoms with Crippen molar-refractivity contribution in [3.8, 4) is 5.75 Å². The van der Waals surface area contributed by atoms with Crippen molar-refractivity contribution >= 4 is 5.69 Å². The summed E-state index contributed by atoms with van der Waals surface area (Å²) >= 11 is 0. The molecular weight excluding hydrogens is 238 g/mol. The summed E-state index contributed by atoms with van der Waals surface area (Å²) in [5.41, 5.74) is 1.32. The van der Waals surface area contributed by atoms with Crippen molar-refractivity contribution in [2.75, 3.05) is 25.1 Å². The molecule has 0 amide bonds. The number of hydrogen-bond donors (Lipinski definition) is 1. The van der Waals surface area contributed by atoms with Crippen LogP contribution in [0.2, 0.25) is 0 Å². The summed E-state index contributed by atoms with van der Waals surface area (Å²) in [6.45, 7) is 9.10. The summed E-state index contributed by atoms with van der Waals surface area (Å²) < 4.78 is 11.5. The molecule has 0 aliphatic carbocycles. The average molecular weight is 263 g/mol. The highest BCUT2D eigenvalue weighted by Crippen LogP contribution is 2.26. The van der Waals surface area contributed by atoms with Gasteiger partial charge < -0.3 is 14.8 Å². The maximum absolute atomic E-state index is 5.90. The monoisotopic (exact) mass is 263 g/mol. The van der Waals surface area contributed by atoms with Gasteiger partial charge in [0.2, 0.25) is 0 Å². The standard InChI is InChI=1S/C16H25NO2/c1-16(2,3)12-17-14-8-4-5-9-15(14)19-11-13-7-6-10-18-13/h4-5,8-9,13,17H,6-7,10-12H2,1-3H3. The Labute approximate surface area is 116 Å². The lowest BCUT2D eigenvalue weighted by atomic mass is 9.97. The molecule has 1 saturated heterocycles. The molecule has 19 heavy (non-hydrogen) atoms. The predicted octanol–water partition coefficient (Wildman–Crippen LogP) is 3.70. The largest absolute Gasteiger partial charge is 0.489 e. The number of nitrogens with one attached hydrogen (secondary N) is 1. The lowest BCUT2D eigenvalue weighted by Crippen LogP contribution is -2.20. The summed E-state index contributed by atoms with van der Waals surface area (Å²) in [6, 6.07) is 8.12. The minimum absolute atomic E-state index is 0.252. The smallest absolute Gasteiger partial charge is 0.142 e. The molecule has 0 bridgehead atoms. The van der Waals surface area contributed by atoms with Crippen LogP contribution < -0.4 is 10.1 Å².